The molecule has 0 amide bonds. The van der Waals surface area contributed by atoms with Crippen molar-refractivity contribution in [3.05, 3.63) is 0 Å². The molecule has 2 fully saturated rings. The summed E-state index contributed by atoms with van der Waals surface area (Å²) in [5, 5.41) is 10.2. The minimum absolute atomic E-state index is 0.0576. The molecule has 2 saturated heterocycles. The second kappa shape index (κ2) is 5.25. The Bertz CT molecular complexity index is 228. The van der Waals surface area contributed by atoms with Crippen molar-refractivity contribution in [2.75, 3.05) is 25.2 Å². The van der Waals surface area contributed by atoms with Gasteiger partial charge in [0.05, 0.1) is 17.8 Å². The lowest BCUT2D eigenvalue weighted by molar-refractivity contribution is -0.121. The number of methoxy groups -OCH3 is 1. The lowest BCUT2D eigenvalue weighted by atomic mass is 9.81. The quantitative estimate of drug-likeness (QED) is 0.822. The van der Waals surface area contributed by atoms with Gasteiger partial charge in [0.1, 0.15) is 0 Å². The molecule has 4 heteroatoms. The first-order chi connectivity index (χ1) is 7.67. The molecule has 0 radical (unpaired) electrons. The van der Waals surface area contributed by atoms with Crippen molar-refractivity contribution in [1.29, 1.82) is 0 Å². The van der Waals surface area contributed by atoms with Crippen LogP contribution in [0.2, 0.25) is 0 Å². The highest BCUT2D eigenvalue weighted by Gasteiger charge is 2.43. The number of ether oxygens (including phenoxy) is 2. The Balaban J connectivity index is 1.95. The fourth-order valence-electron chi connectivity index (χ4n) is 2.74. The Morgan fingerprint density at radius 1 is 1.56 bits per heavy atom. The van der Waals surface area contributed by atoms with E-state index in [4.69, 9.17) is 9.47 Å². The molecule has 3 nitrogen and oxygen atoms in total. The Kier molecular flexibility index (Phi) is 4.16. The molecule has 4 unspecified atom stereocenters. The summed E-state index contributed by atoms with van der Waals surface area (Å²) in [6, 6.07) is 0. The minimum Gasteiger partial charge on any atom is -0.390 e. The first-order valence-corrected chi connectivity index (χ1v) is 7.25. The molecule has 1 spiro atoms. The largest absolute Gasteiger partial charge is 0.390 e. The van der Waals surface area contributed by atoms with E-state index in [0.29, 0.717) is 5.92 Å². The molecule has 94 valence electrons. The third-order valence-corrected chi connectivity index (χ3v) is 5.16. The van der Waals surface area contributed by atoms with Crippen molar-refractivity contribution in [1.82, 2.24) is 0 Å². The second-order valence-electron chi connectivity index (χ2n) is 5.02. The van der Waals surface area contributed by atoms with Gasteiger partial charge in [-0.2, -0.15) is 11.8 Å². The maximum atomic E-state index is 10.2. The van der Waals surface area contributed by atoms with Crippen LogP contribution in [0.3, 0.4) is 0 Å². The fraction of sp³-hybridized carbons (Fsp3) is 1.00. The van der Waals surface area contributed by atoms with E-state index in [0.717, 1.165) is 31.6 Å². The van der Waals surface area contributed by atoms with Crippen LogP contribution in [-0.4, -0.2) is 48.1 Å². The van der Waals surface area contributed by atoms with Crippen molar-refractivity contribution in [3.8, 4) is 0 Å². The van der Waals surface area contributed by atoms with Crippen LogP contribution < -0.4 is 0 Å². The van der Waals surface area contributed by atoms with Gasteiger partial charge in [0, 0.05) is 19.5 Å². The van der Waals surface area contributed by atoms with Gasteiger partial charge in [-0.15, -0.1) is 0 Å². The summed E-state index contributed by atoms with van der Waals surface area (Å²) in [5.41, 5.74) is 0.0576. The third kappa shape index (κ3) is 2.55. The van der Waals surface area contributed by atoms with Gasteiger partial charge in [0.2, 0.25) is 0 Å². The zero-order valence-corrected chi connectivity index (χ0v) is 11.0. The van der Waals surface area contributed by atoms with Gasteiger partial charge < -0.3 is 14.6 Å². The average molecular weight is 246 g/mol. The summed E-state index contributed by atoms with van der Waals surface area (Å²) in [7, 11) is 1.66. The number of aliphatic hydroxyl groups is 1. The summed E-state index contributed by atoms with van der Waals surface area (Å²) in [5.74, 6) is 2.63. The second-order valence-corrected chi connectivity index (χ2v) is 6.12. The van der Waals surface area contributed by atoms with Crippen molar-refractivity contribution >= 4 is 11.8 Å². The molecule has 1 N–H and O–H groups in total. The molecular formula is C12H22O3S. The van der Waals surface area contributed by atoms with Crippen molar-refractivity contribution in [2.24, 2.45) is 5.92 Å². The van der Waals surface area contributed by atoms with E-state index >= 15 is 0 Å². The first-order valence-electron chi connectivity index (χ1n) is 6.09. The molecule has 2 rings (SSSR count). The predicted octanol–water partition coefficient (Wildman–Crippen LogP) is 1.68. The Labute approximate surface area is 102 Å². The third-order valence-electron chi connectivity index (χ3n) is 3.93. The summed E-state index contributed by atoms with van der Waals surface area (Å²) < 4.78 is 11.2. The number of thioether (sulfide) groups is 1. The molecule has 2 heterocycles. The van der Waals surface area contributed by atoms with E-state index in [1.165, 1.54) is 5.75 Å². The van der Waals surface area contributed by atoms with Crippen LogP contribution in [0.1, 0.15) is 26.2 Å². The first kappa shape index (κ1) is 12.7. The molecule has 0 aromatic rings. The molecule has 0 aromatic heterocycles. The van der Waals surface area contributed by atoms with E-state index in [9.17, 15) is 5.11 Å². The molecule has 0 aliphatic carbocycles. The number of hydrogen-bond donors (Lipinski definition) is 1. The molecule has 2 aliphatic heterocycles. The highest BCUT2D eigenvalue weighted by atomic mass is 32.2. The highest BCUT2D eigenvalue weighted by Crippen LogP contribution is 2.41. The van der Waals surface area contributed by atoms with E-state index < -0.39 is 0 Å². The number of hydrogen-bond acceptors (Lipinski definition) is 4. The normalized spacial score (nSPS) is 38.8. The smallest absolute Gasteiger partial charge is 0.0828 e. The van der Waals surface area contributed by atoms with Gasteiger partial charge >= 0.3 is 0 Å². The molecule has 16 heavy (non-hydrogen) atoms. The maximum Gasteiger partial charge on any atom is 0.0828 e. The predicted molar refractivity (Wildman–Crippen MR) is 65.8 cm³/mol. The summed E-state index contributed by atoms with van der Waals surface area (Å²) in [6.45, 7) is 2.73. The van der Waals surface area contributed by atoms with E-state index in [1.807, 2.05) is 18.7 Å². The summed E-state index contributed by atoms with van der Waals surface area (Å²) in [6.07, 6.45) is 2.67. The molecule has 2 aliphatic rings. The molecule has 0 aromatic carbocycles. The monoisotopic (exact) mass is 246 g/mol. The summed E-state index contributed by atoms with van der Waals surface area (Å²) in [4.78, 5) is 0. The maximum absolute atomic E-state index is 10.2. The standard InChI is InChI=1S/C12H22O3S/c1-9(14-2)11(13)10-3-5-15-12(7-10)4-6-16-8-12/h9-11,13H,3-8H2,1-2H3. The summed E-state index contributed by atoms with van der Waals surface area (Å²) >= 11 is 1.97. The van der Waals surface area contributed by atoms with Gasteiger partial charge in [-0.05, 0) is 37.9 Å². The van der Waals surface area contributed by atoms with Gasteiger partial charge in [-0.3, -0.25) is 0 Å². The minimum atomic E-state index is -0.351. The SMILES string of the molecule is COC(C)C(O)C1CCOC2(CCSC2)C1. The van der Waals surface area contributed by atoms with Crippen LogP contribution in [0.25, 0.3) is 0 Å². The van der Waals surface area contributed by atoms with Gasteiger partial charge in [0.25, 0.3) is 0 Å². The van der Waals surface area contributed by atoms with Crippen molar-refractivity contribution < 1.29 is 14.6 Å². The van der Waals surface area contributed by atoms with Crippen molar-refractivity contribution in [3.63, 3.8) is 0 Å². The zero-order chi connectivity index (χ0) is 11.6. The fourth-order valence-corrected chi connectivity index (χ4v) is 4.12. The highest BCUT2D eigenvalue weighted by molar-refractivity contribution is 7.99. The Hall–Kier alpha value is 0.230. The van der Waals surface area contributed by atoms with E-state index in [1.54, 1.807) is 7.11 Å². The van der Waals surface area contributed by atoms with Crippen LogP contribution >= 0.6 is 11.8 Å². The van der Waals surface area contributed by atoms with Crippen LogP contribution in [-0.2, 0) is 9.47 Å². The zero-order valence-electron chi connectivity index (χ0n) is 10.1. The Morgan fingerprint density at radius 3 is 3.00 bits per heavy atom. The van der Waals surface area contributed by atoms with E-state index in [2.05, 4.69) is 0 Å². The van der Waals surface area contributed by atoms with Crippen LogP contribution in [0, 0.1) is 5.92 Å². The molecule has 0 saturated carbocycles. The van der Waals surface area contributed by atoms with Gasteiger partial charge in [-0.25, -0.2) is 0 Å². The Morgan fingerprint density at radius 2 is 2.38 bits per heavy atom. The lowest BCUT2D eigenvalue weighted by Gasteiger charge is -2.40. The number of rotatable bonds is 3. The van der Waals surface area contributed by atoms with Crippen LogP contribution in [0.5, 0.6) is 0 Å². The van der Waals surface area contributed by atoms with Crippen LogP contribution in [0.15, 0.2) is 0 Å². The topological polar surface area (TPSA) is 38.7 Å². The lowest BCUT2D eigenvalue weighted by Crippen LogP contribution is -2.45. The molecule has 4 atom stereocenters. The van der Waals surface area contributed by atoms with Gasteiger partial charge in [0.15, 0.2) is 0 Å². The molecule has 0 bridgehead atoms. The molecular weight excluding hydrogens is 224 g/mol. The van der Waals surface area contributed by atoms with Gasteiger partial charge in [-0.1, -0.05) is 0 Å². The average Bonchev–Trinajstić information content (AvgIpc) is 2.75. The number of aliphatic hydroxyl groups excluding tert-OH is 1. The van der Waals surface area contributed by atoms with Crippen molar-refractivity contribution in [2.45, 2.75) is 44.0 Å². The van der Waals surface area contributed by atoms with Crippen LogP contribution in [0.4, 0.5) is 0 Å². The van der Waals surface area contributed by atoms with E-state index in [-0.39, 0.29) is 17.8 Å².